The van der Waals surface area contributed by atoms with Gasteiger partial charge < -0.3 is 29.2 Å². The van der Waals surface area contributed by atoms with E-state index in [-0.39, 0.29) is 12.3 Å². The van der Waals surface area contributed by atoms with Crippen molar-refractivity contribution in [2.75, 3.05) is 0 Å². The van der Waals surface area contributed by atoms with Crippen LogP contribution in [0.3, 0.4) is 0 Å². The molecule has 1 aliphatic carbocycles. The first-order valence-corrected chi connectivity index (χ1v) is 12.0. The number of carbonyl (C=O) groups excluding carboxylic acids is 3. The smallest absolute Gasteiger partial charge is 0.303 e. The number of aliphatic hydroxyl groups is 2. The third kappa shape index (κ3) is 5.32. The van der Waals surface area contributed by atoms with Crippen LogP contribution in [-0.4, -0.2) is 69.8 Å². The number of ether oxygens (including phenoxy) is 4. The van der Waals surface area contributed by atoms with Crippen molar-refractivity contribution in [1.29, 1.82) is 0 Å². The van der Waals surface area contributed by atoms with E-state index in [9.17, 15) is 24.6 Å². The Labute approximate surface area is 206 Å². The predicted molar refractivity (Wildman–Crippen MR) is 125 cm³/mol. The first-order chi connectivity index (χ1) is 16.1. The molecule has 0 saturated carbocycles. The average Bonchev–Trinajstić information content (AvgIpc) is 3.05. The molecule has 9 unspecified atom stereocenters. The predicted octanol–water partition coefficient (Wildman–Crippen LogP) is 2.23. The molecule has 2 fully saturated rings. The molecule has 2 bridgehead atoms. The SMILES string of the molecule is C=C1CC2OC(C3C2C(C)=CC(OC(C)=O)C3C(C)(C)OC(C)=O)C(C)(O)C(OC(C)=O)CC1O. The van der Waals surface area contributed by atoms with Crippen LogP contribution >= 0.6 is 0 Å². The van der Waals surface area contributed by atoms with Crippen molar-refractivity contribution >= 4 is 17.9 Å². The molecule has 0 aromatic heterocycles. The maximum Gasteiger partial charge on any atom is 0.303 e. The van der Waals surface area contributed by atoms with Gasteiger partial charge in [0.2, 0.25) is 0 Å². The van der Waals surface area contributed by atoms with Gasteiger partial charge in [-0.1, -0.05) is 12.2 Å². The molecule has 196 valence electrons. The van der Waals surface area contributed by atoms with Crippen LogP contribution in [0.25, 0.3) is 0 Å². The molecule has 35 heavy (non-hydrogen) atoms. The van der Waals surface area contributed by atoms with Crippen molar-refractivity contribution in [3.63, 3.8) is 0 Å². The molecule has 9 heteroatoms. The van der Waals surface area contributed by atoms with Gasteiger partial charge >= 0.3 is 17.9 Å². The fraction of sp³-hybridized carbons (Fsp3) is 0.731. The largest absolute Gasteiger partial charge is 0.459 e. The zero-order chi connectivity index (χ0) is 26.5. The zero-order valence-corrected chi connectivity index (χ0v) is 21.6. The van der Waals surface area contributed by atoms with E-state index in [4.69, 9.17) is 18.9 Å². The second-order valence-electron chi connectivity index (χ2n) is 10.8. The normalized spacial score (nSPS) is 39.3. The summed E-state index contributed by atoms with van der Waals surface area (Å²) < 4.78 is 23.4. The number of fused-ring (bicyclic) bond motifs is 5. The third-order valence-corrected chi connectivity index (χ3v) is 7.63. The monoisotopic (exact) mass is 494 g/mol. The van der Waals surface area contributed by atoms with Crippen LogP contribution in [-0.2, 0) is 33.3 Å². The first-order valence-electron chi connectivity index (χ1n) is 12.0. The van der Waals surface area contributed by atoms with Crippen molar-refractivity contribution in [3.05, 3.63) is 23.8 Å². The van der Waals surface area contributed by atoms with Gasteiger partial charge in [-0.3, -0.25) is 14.4 Å². The summed E-state index contributed by atoms with van der Waals surface area (Å²) in [5.74, 6) is -2.89. The Hall–Kier alpha value is -2.23. The quantitative estimate of drug-likeness (QED) is 0.343. The van der Waals surface area contributed by atoms with Gasteiger partial charge in [0.05, 0.1) is 18.3 Å². The highest BCUT2D eigenvalue weighted by Crippen LogP contribution is 2.55. The standard InChI is InChI=1S/C26H38O9/c1-12-9-18-21-13(2)10-19(32-14(3)27)23(25(6,7)35-16(5)29)22(21)24(34-18)26(8,31)20(11-17(12)30)33-15(4)28/h10,17-24,30-31H,1,9,11H2,2-8H3. The second-order valence-corrected chi connectivity index (χ2v) is 10.8. The van der Waals surface area contributed by atoms with Gasteiger partial charge in [0.15, 0.2) is 0 Å². The minimum absolute atomic E-state index is 0.0461. The van der Waals surface area contributed by atoms with Crippen LogP contribution in [0, 0.1) is 17.8 Å². The van der Waals surface area contributed by atoms with E-state index in [0.717, 1.165) is 5.57 Å². The highest BCUT2D eigenvalue weighted by atomic mass is 16.6. The van der Waals surface area contributed by atoms with Crippen LogP contribution in [0.15, 0.2) is 23.8 Å². The lowest BCUT2D eigenvalue weighted by Gasteiger charge is -2.49. The molecule has 0 radical (unpaired) electrons. The molecule has 9 nitrogen and oxygen atoms in total. The summed E-state index contributed by atoms with van der Waals surface area (Å²) in [6, 6.07) is 0. The highest BCUT2D eigenvalue weighted by molar-refractivity contribution is 5.67. The number of aliphatic hydroxyl groups excluding tert-OH is 1. The van der Waals surface area contributed by atoms with Gasteiger partial charge in [0.25, 0.3) is 0 Å². The van der Waals surface area contributed by atoms with E-state index in [1.54, 1.807) is 13.8 Å². The third-order valence-electron chi connectivity index (χ3n) is 7.63. The van der Waals surface area contributed by atoms with E-state index >= 15 is 0 Å². The molecule has 0 amide bonds. The molecule has 0 aromatic rings. The molecule has 2 N–H and O–H groups in total. The molecule has 0 spiro atoms. The van der Waals surface area contributed by atoms with Crippen molar-refractivity contribution in [3.8, 4) is 0 Å². The summed E-state index contributed by atoms with van der Waals surface area (Å²) >= 11 is 0. The molecule has 9 atom stereocenters. The maximum absolute atomic E-state index is 12.0. The van der Waals surface area contributed by atoms with Crippen molar-refractivity contribution in [2.45, 2.75) is 103 Å². The number of carbonyl (C=O) groups is 3. The minimum Gasteiger partial charge on any atom is -0.459 e. The van der Waals surface area contributed by atoms with Crippen LogP contribution < -0.4 is 0 Å². The Kier molecular flexibility index (Phi) is 7.56. The van der Waals surface area contributed by atoms with Gasteiger partial charge in [-0.25, -0.2) is 0 Å². The zero-order valence-electron chi connectivity index (χ0n) is 21.6. The molecule has 3 rings (SSSR count). The van der Waals surface area contributed by atoms with E-state index < -0.39 is 71.5 Å². The Morgan fingerprint density at radius 1 is 1.14 bits per heavy atom. The van der Waals surface area contributed by atoms with Crippen molar-refractivity contribution in [1.82, 2.24) is 0 Å². The lowest BCUT2D eigenvalue weighted by molar-refractivity contribution is -0.204. The Morgan fingerprint density at radius 3 is 2.29 bits per heavy atom. The molecule has 3 aliphatic rings. The Bertz CT molecular complexity index is 918. The molecular weight excluding hydrogens is 456 g/mol. The molecule has 2 saturated heterocycles. The second kappa shape index (κ2) is 9.67. The van der Waals surface area contributed by atoms with Gasteiger partial charge in [0, 0.05) is 44.9 Å². The van der Waals surface area contributed by atoms with Crippen LogP contribution in [0.1, 0.15) is 61.3 Å². The summed E-state index contributed by atoms with van der Waals surface area (Å²) in [5.41, 5.74) is -1.42. The molecular formula is C26H38O9. The van der Waals surface area contributed by atoms with Crippen molar-refractivity contribution in [2.24, 2.45) is 17.8 Å². The van der Waals surface area contributed by atoms with E-state index in [1.807, 2.05) is 13.0 Å². The Balaban J connectivity index is 2.21. The van der Waals surface area contributed by atoms with Crippen molar-refractivity contribution < 1.29 is 43.5 Å². The van der Waals surface area contributed by atoms with Gasteiger partial charge in [-0.05, 0) is 45.8 Å². The van der Waals surface area contributed by atoms with Gasteiger partial charge in [-0.15, -0.1) is 0 Å². The molecule has 0 aromatic carbocycles. The van der Waals surface area contributed by atoms with Gasteiger partial charge in [-0.2, -0.15) is 0 Å². The van der Waals surface area contributed by atoms with Crippen LogP contribution in [0.4, 0.5) is 0 Å². The molecule has 2 heterocycles. The molecule has 2 aliphatic heterocycles. The average molecular weight is 495 g/mol. The fourth-order valence-electron chi connectivity index (χ4n) is 6.35. The van der Waals surface area contributed by atoms with E-state index in [1.165, 1.54) is 27.7 Å². The number of hydrogen-bond acceptors (Lipinski definition) is 9. The summed E-state index contributed by atoms with van der Waals surface area (Å²) in [4.78, 5) is 36.0. The lowest BCUT2D eigenvalue weighted by Crippen LogP contribution is -2.60. The van der Waals surface area contributed by atoms with E-state index in [2.05, 4.69) is 6.58 Å². The fourth-order valence-corrected chi connectivity index (χ4v) is 6.35. The summed E-state index contributed by atoms with van der Waals surface area (Å²) in [5, 5.41) is 22.6. The maximum atomic E-state index is 12.0. The van der Waals surface area contributed by atoms with Crippen LogP contribution in [0.5, 0.6) is 0 Å². The number of esters is 3. The van der Waals surface area contributed by atoms with E-state index in [0.29, 0.717) is 12.0 Å². The lowest BCUT2D eigenvalue weighted by atomic mass is 9.60. The highest BCUT2D eigenvalue weighted by Gasteiger charge is 2.64. The summed E-state index contributed by atoms with van der Waals surface area (Å²) in [6.07, 6.45) is -2.04. The first kappa shape index (κ1) is 27.4. The summed E-state index contributed by atoms with van der Waals surface area (Å²) in [6.45, 7) is 14.8. The topological polar surface area (TPSA) is 129 Å². The van der Waals surface area contributed by atoms with Gasteiger partial charge in [0.1, 0.15) is 23.4 Å². The Morgan fingerprint density at radius 2 is 1.74 bits per heavy atom. The summed E-state index contributed by atoms with van der Waals surface area (Å²) in [7, 11) is 0. The number of hydrogen-bond donors (Lipinski definition) is 2. The minimum atomic E-state index is -1.72. The van der Waals surface area contributed by atoms with Crippen LogP contribution in [0.2, 0.25) is 0 Å². The number of rotatable bonds is 4.